The van der Waals surface area contributed by atoms with Gasteiger partial charge in [-0.3, -0.25) is 19.5 Å². The zero-order valence-electron chi connectivity index (χ0n) is 26.7. The summed E-state index contributed by atoms with van der Waals surface area (Å²) in [6, 6.07) is 9.53. The summed E-state index contributed by atoms with van der Waals surface area (Å²) in [7, 11) is 3.33. The van der Waals surface area contributed by atoms with Crippen LogP contribution in [0.4, 0.5) is 13.2 Å². The lowest BCUT2D eigenvalue weighted by Gasteiger charge is -2.34. The van der Waals surface area contributed by atoms with Crippen molar-refractivity contribution in [1.29, 1.82) is 0 Å². The van der Waals surface area contributed by atoms with E-state index in [0.29, 0.717) is 53.4 Å². The third-order valence-corrected chi connectivity index (χ3v) is 8.81. The first kappa shape index (κ1) is 32.5. The molecule has 3 aromatic heterocycles. The number of halogens is 3. The van der Waals surface area contributed by atoms with E-state index < -0.39 is 11.7 Å². The maximum Gasteiger partial charge on any atom is 0.416 e. The number of fused-ring (bicyclic) bond motifs is 2. The summed E-state index contributed by atoms with van der Waals surface area (Å²) in [6.45, 7) is 5.79. The fourth-order valence-electron chi connectivity index (χ4n) is 6.29. The molecule has 47 heavy (non-hydrogen) atoms. The second-order valence-corrected chi connectivity index (χ2v) is 12.3. The Morgan fingerprint density at radius 3 is 2.60 bits per heavy atom. The predicted octanol–water partition coefficient (Wildman–Crippen LogP) is 4.95. The molecule has 0 unspecified atom stereocenters. The number of piperazine rings is 1. The minimum Gasteiger partial charge on any atom is -0.455 e. The summed E-state index contributed by atoms with van der Waals surface area (Å²) in [5.74, 6) is 0.477. The minimum absolute atomic E-state index is 0.0270. The van der Waals surface area contributed by atoms with E-state index in [1.165, 1.54) is 11.0 Å². The van der Waals surface area contributed by atoms with E-state index in [0.717, 1.165) is 36.8 Å². The Kier molecular flexibility index (Phi) is 9.20. The monoisotopic (exact) mass is 649 g/mol. The number of hydrogen-bond acceptors (Lipinski definition) is 7. The van der Waals surface area contributed by atoms with Crippen molar-refractivity contribution in [1.82, 2.24) is 35.0 Å². The number of carbonyl (C=O) groups is 2. The molecular formula is C34H38F3N7O3. The fraction of sp³-hybridized carbons (Fsp3) is 0.412. The van der Waals surface area contributed by atoms with Crippen molar-refractivity contribution < 1.29 is 27.5 Å². The number of aromatic nitrogens is 3. The molecule has 0 bridgehead atoms. The van der Waals surface area contributed by atoms with Crippen molar-refractivity contribution in [2.75, 3.05) is 46.8 Å². The van der Waals surface area contributed by atoms with Crippen molar-refractivity contribution >= 4 is 22.8 Å². The molecule has 1 fully saturated rings. The van der Waals surface area contributed by atoms with Gasteiger partial charge in [-0.25, -0.2) is 4.98 Å². The van der Waals surface area contributed by atoms with Crippen molar-refractivity contribution in [3.8, 4) is 11.5 Å². The molecule has 1 aromatic carbocycles. The Bertz CT molecular complexity index is 1780. The first-order chi connectivity index (χ1) is 22.5. The van der Waals surface area contributed by atoms with Crippen LogP contribution in [0.15, 0.2) is 48.8 Å². The van der Waals surface area contributed by atoms with Gasteiger partial charge in [0.15, 0.2) is 0 Å². The maximum absolute atomic E-state index is 14.1. The zero-order chi connectivity index (χ0) is 33.3. The molecule has 2 aliphatic rings. The van der Waals surface area contributed by atoms with Crippen LogP contribution in [0.2, 0.25) is 0 Å². The van der Waals surface area contributed by atoms with Crippen LogP contribution >= 0.6 is 0 Å². The Hall–Kier alpha value is -4.49. The number of H-pyrrole nitrogens is 1. The number of ether oxygens (including phenoxy) is 1. The van der Waals surface area contributed by atoms with Crippen LogP contribution in [-0.2, 0) is 30.5 Å². The molecule has 4 aromatic rings. The Balaban J connectivity index is 1.20. The third-order valence-electron chi connectivity index (χ3n) is 8.81. The molecule has 6 rings (SSSR count). The van der Waals surface area contributed by atoms with E-state index in [1.54, 1.807) is 49.6 Å². The number of aromatic amines is 1. The molecule has 10 nitrogen and oxygen atoms in total. The molecule has 248 valence electrons. The molecule has 1 atom stereocenters. The van der Waals surface area contributed by atoms with Crippen molar-refractivity contribution in [3.05, 3.63) is 82.4 Å². The van der Waals surface area contributed by atoms with Crippen LogP contribution in [0, 0.1) is 0 Å². The van der Waals surface area contributed by atoms with Gasteiger partial charge in [0.1, 0.15) is 22.8 Å². The number of benzene rings is 1. The van der Waals surface area contributed by atoms with E-state index in [1.807, 2.05) is 17.9 Å². The number of carbonyl (C=O) groups excluding carboxylic acids is 2. The Morgan fingerprint density at radius 1 is 1.09 bits per heavy atom. The molecule has 0 radical (unpaired) electrons. The largest absolute Gasteiger partial charge is 0.455 e. The molecular weight excluding hydrogens is 611 g/mol. The lowest BCUT2D eigenvalue weighted by Crippen LogP contribution is -2.43. The minimum atomic E-state index is -4.52. The molecule has 0 aliphatic carbocycles. The first-order valence-corrected chi connectivity index (χ1v) is 15.8. The van der Waals surface area contributed by atoms with Crippen molar-refractivity contribution in [3.63, 3.8) is 0 Å². The second kappa shape index (κ2) is 13.3. The molecule has 0 spiro atoms. The highest BCUT2D eigenvalue weighted by molar-refractivity contribution is 5.98. The molecule has 2 aliphatic heterocycles. The highest BCUT2D eigenvalue weighted by Crippen LogP contribution is 2.36. The summed E-state index contributed by atoms with van der Waals surface area (Å²) >= 11 is 0. The SMILES string of the molecule is CC[C@H]1CN(C(=O)Cc2ccc(CN3CCNCC3)c(C(F)(F)F)c2)Cc2cc(Oc3ccnc4[nH]c(C(=O)N(C)C)cc34)cnc21. The summed E-state index contributed by atoms with van der Waals surface area (Å²) in [6.07, 6.45) is -0.696. The molecule has 5 heterocycles. The average Bonchev–Trinajstić information content (AvgIpc) is 3.50. The highest BCUT2D eigenvalue weighted by atomic mass is 19.4. The van der Waals surface area contributed by atoms with Crippen LogP contribution in [0.3, 0.4) is 0 Å². The zero-order valence-corrected chi connectivity index (χ0v) is 26.7. The van der Waals surface area contributed by atoms with Crippen LogP contribution in [0.25, 0.3) is 11.0 Å². The normalized spacial score (nSPS) is 17.1. The van der Waals surface area contributed by atoms with Gasteiger partial charge in [-0.15, -0.1) is 0 Å². The third kappa shape index (κ3) is 7.10. The van der Waals surface area contributed by atoms with Gasteiger partial charge in [-0.05, 0) is 47.4 Å². The maximum atomic E-state index is 14.1. The smallest absolute Gasteiger partial charge is 0.416 e. The Morgan fingerprint density at radius 2 is 1.87 bits per heavy atom. The predicted molar refractivity (Wildman–Crippen MR) is 170 cm³/mol. The van der Waals surface area contributed by atoms with Crippen LogP contribution in [0.5, 0.6) is 11.5 Å². The quantitative estimate of drug-likeness (QED) is 0.278. The highest BCUT2D eigenvalue weighted by Gasteiger charge is 2.35. The van der Waals surface area contributed by atoms with E-state index in [-0.39, 0.29) is 42.8 Å². The Labute approximate surface area is 270 Å². The van der Waals surface area contributed by atoms with E-state index in [4.69, 9.17) is 9.72 Å². The van der Waals surface area contributed by atoms with Gasteiger partial charge in [-0.1, -0.05) is 19.1 Å². The van der Waals surface area contributed by atoms with Crippen LogP contribution < -0.4 is 10.1 Å². The van der Waals surface area contributed by atoms with E-state index in [2.05, 4.69) is 15.3 Å². The van der Waals surface area contributed by atoms with Crippen molar-refractivity contribution in [2.24, 2.45) is 0 Å². The van der Waals surface area contributed by atoms with Gasteiger partial charge in [0, 0.05) is 72.0 Å². The lowest BCUT2D eigenvalue weighted by molar-refractivity contribution is -0.138. The number of nitrogens with zero attached hydrogens (tertiary/aromatic N) is 5. The van der Waals surface area contributed by atoms with Crippen LogP contribution in [0.1, 0.15) is 57.7 Å². The van der Waals surface area contributed by atoms with Gasteiger partial charge in [0.25, 0.3) is 5.91 Å². The summed E-state index contributed by atoms with van der Waals surface area (Å²) in [5, 5.41) is 3.85. The second-order valence-electron chi connectivity index (χ2n) is 12.3. The standard InChI is InChI=1S/C34H38F3N7O3/c1-4-22-19-44(30(45)14-21-5-6-23(27(13-21)34(35,36)37)18-43-11-9-38-10-12-43)20-24-15-25(17-40-31(22)24)47-29-7-8-39-32-26(29)16-28(41-32)33(46)42(2)3/h5-8,13,15-17,22,38H,4,9-12,14,18-20H2,1-3H3,(H,39,41)/t22-/m0/s1. The molecule has 2 amide bonds. The first-order valence-electron chi connectivity index (χ1n) is 15.8. The summed E-state index contributed by atoms with van der Waals surface area (Å²) in [4.78, 5) is 43.3. The van der Waals surface area contributed by atoms with E-state index in [9.17, 15) is 22.8 Å². The molecule has 2 N–H and O–H groups in total. The molecule has 0 saturated carbocycles. The number of amides is 2. The van der Waals surface area contributed by atoms with Gasteiger partial charge in [0.05, 0.1) is 29.3 Å². The number of nitrogens with one attached hydrogen (secondary N) is 2. The van der Waals surface area contributed by atoms with Gasteiger partial charge in [0.2, 0.25) is 5.91 Å². The summed E-state index contributed by atoms with van der Waals surface area (Å²) in [5.41, 5.74) is 2.45. The van der Waals surface area contributed by atoms with Crippen LogP contribution in [-0.4, -0.2) is 88.3 Å². The molecule has 13 heteroatoms. The number of rotatable bonds is 8. The number of pyridine rings is 2. The number of alkyl halides is 3. The van der Waals surface area contributed by atoms with Gasteiger partial charge >= 0.3 is 6.18 Å². The van der Waals surface area contributed by atoms with Gasteiger partial charge < -0.3 is 24.8 Å². The van der Waals surface area contributed by atoms with Crippen molar-refractivity contribution in [2.45, 2.75) is 44.9 Å². The van der Waals surface area contributed by atoms with E-state index >= 15 is 0 Å². The topological polar surface area (TPSA) is 107 Å². The van der Waals surface area contributed by atoms with Gasteiger partial charge in [-0.2, -0.15) is 13.2 Å². The summed E-state index contributed by atoms with van der Waals surface area (Å²) < 4.78 is 48.6. The average molecular weight is 650 g/mol. The number of hydrogen-bond donors (Lipinski definition) is 2. The fourth-order valence-corrected chi connectivity index (χ4v) is 6.29. The lowest BCUT2D eigenvalue weighted by atomic mass is 9.92. The molecule has 1 saturated heterocycles.